The van der Waals surface area contributed by atoms with Crippen LogP contribution in [0.15, 0.2) is 38.5 Å². The predicted molar refractivity (Wildman–Crippen MR) is 175 cm³/mol. The van der Waals surface area contributed by atoms with Gasteiger partial charge in [0.1, 0.15) is 17.1 Å². The topological polar surface area (TPSA) is 178 Å². The van der Waals surface area contributed by atoms with Crippen molar-refractivity contribution in [3.05, 3.63) is 55.4 Å². The molecule has 0 amide bonds. The molecule has 1 aromatic rings. The lowest BCUT2D eigenvalue weighted by atomic mass is 9.88. The van der Waals surface area contributed by atoms with Gasteiger partial charge in [0.2, 0.25) is 0 Å². The smallest absolute Gasteiger partial charge is 0.330 e. The van der Waals surface area contributed by atoms with E-state index >= 15 is 0 Å². The summed E-state index contributed by atoms with van der Waals surface area (Å²) in [7, 11) is -9.82. The summed E-state index contributed by atoms with van der Waals surface area (Å²) in [5, 5.41) is -0.581. The van der Waals surface area contributed by atoms with E-state index in [0.29, 0.717) is 0 Å². The van der Waals surface area contributed by atoms with Crippen molar-refractivity contribution in [1.82, 2.24) is 9.55 Å². The summed E-state index contributed by atoms with van der Waals surface area (Å²) in [5.41, 5.74) is 3.36. The first kappa shape index (κ1) is 37.1. The Morgan fingerprint density at radius 1 is 1.11 bits per heavy atom. The zero-order chi connectivity index (χ0) is 34.6. The zero-order valence-electron chi connectivity index (χ0n) is 28.4. The third kappa shape index (κ3) is 7.01. The minimum absolute atomic E-state index is 0.0863. The molecule has 1 unspecified atom stereocenters. The van der Waals surface area contributed by atoms with Crippen LogP contribution >= 0.6 is 0 Å². The van der Waals surface area contributed by atoms with Gasteiger partial charge >= 0.3 is 11.7 Å². The number of nitrogens with two attached hydrogens (primary N) is 1. The number of aromatic nitrogens is 2. The number of nitrogens with one attached hydrogen (secondary N) is 1. The molecule has 0 aliphatic carbocycles. The van der Waals surface area contributed by atoms with E-state index in [-0.39, 0.29) is 34.6 Å². The molecule has 254 valence electrons. The zero-order valence-corrected chi connectivity index (χ0v) is 31.2. The number of esters is 1. The van der Waals surface area contributed by atoms with E-state index in [1.54, 1.807) is 6.92 Å². The quantitative estimate of drug-likeness (QED) is 0.168. The molecule has 3 N–H and O–H groups in total. The molecule has 1 fully saturated rings. The summed E-state index contributed by atoms with van der Waals surface area (Å²) in [4.78, 5) is 39.5. The van der Waals surface area contributed by atoms with E-state index in [1.165, 1.54) is 17.7 Å². The van der Waals surface area contributed by atoms with Crippen LogP contribution in [-0.2, 0) is 37.4 Å². The fourth-order valence-electron chi connectivity index (χ4n) is 4.56. The van der Waals surface area contributed by atoms with Crippen LogP contribution in [-0.4, -0.2) is 71.6 Å². The lowest BCUT2D eigenvalue weighted by molar-refractivity contribution is -0.137. The highest BCUT2D eigenvalue weighted by Crippen LogP contribution is 2.53. The second kappa shape index (κ2) is 12.4. The van der Waals surface area contributed by atoms with Crippen LogP contribution < -0.4 is 17.0 Å². The first-order valence-electron chi connectivity index (χ1n) is 14.9. The van der Waals surface area contributed by atoms with Crippen molar-refractivity contribution < 1.29 is 35.7 Å². The van der Waals surface area contributed by atoms with Gasteiger partial charge in [0, 0.05) is 17.8 Å². The molecular weight excluding hydrogens is 639 g/mol. The number of ether oxygens (including phenoxy) is 2. The Morgan fingerprint density at radius 3 is 2.22 bits per heavy atom. The maximum absolute atomic E-state index is 13.7. The molecule has 0 radical (unpaired) electrons. The Morgan fingerprint density at radius 2 is 1.69 bits per heavy atom. The van der Waals surface area contributed by atoms with Gasteiger partial charge in [-0.2, -0.15) is 8.42 Å². The van der Waals surface area contributed by atoms with Crippen molar-refractivity contribution in [2.24, 2.45) is 5.73 Å². The number of carbonyl (C=O) groups is 1. The Labute approximate surface area is 267 Å². The molecule has 1 aromatic heterocycles. The SMILES string of the molecule is CCOC(=O)/C=C/C1=C(N)C2(OS1(=O)=O)[C@@H](CO[Si](C)(C)C(C)(C)C)O[C@@H](n1cc(C)c(=O)[nH]c1=O)[C@@H]2O[Si](C)(C)C(C)(C)C. The number of aryl methyl sites for hydroxylation is 1. The van der Waals surface area contributed by atoms with Gasteiger partial charge < -0.3 is 24.1 Å². The highest BCUT2D eigenvalue weighted by atomic mass is 32.2. The largest absolute Gasteiger partial charge is 0.463 e. The number of carbonyl (C=O) groups excluding carboxylic acids is 1. The Kier molecular flexibility index (Phi) is 10.2. The van der Waals surface area contributed by atoms with Crippen LogP contribution in [0.4, 0.5) is 0 Å². The first-order chi connectivity index (χ1) is 20.3. The second-order valence-corrected chi connectivity index (χ2v) is 25.6. The van der Waals surface area contributed by atoms with Gasteiger partial charge in [-0.25, -0.2) is 13.8 Å². The van der Waals surface area contributed by atoms with Crippen molar-refractivity contribution >= 4 is 32.7 Å². The number of aromatic amines is 1. The van der Waals surface area contributed by atoms with E-state index in [4.69, 9.17) is 28.2 Å². The summed E-state index contributed by atoms with van der Waals surface area (Å²) in [6.45, 7) is 23.3. The lowest BCUT2D eigenvalue weighted by Crippen LogP contribution is -2.59. The molecule has 0 aromatic carbocycles. The maximum atomic E-state index is 13.7. The van der Waals surface area contributed by atoms with Gasteiger partial charge in [0.05, 0.1) is 18.9 Å². The van der Waals surface area contributed by atoms with E-state index in [9.17, 15) is 22.8 Å². The van der Waals surface area contributed by atoms with Gasteiger partial charge in [-0.15, -0.1) is 0 Å². The molecule has 45 heavy (non-hydrogen) atoms. The predicted octanol–water partition coefficient (Wildman–Crippen LogP) is 3.54. The Bertz CT molecular complexity index is 1600. The van der Waals surface area contributed by atoms with E-state index < -0.39 is 72.9 Å². The second-order valence-electron chi connectivity index (χ2n) is 14.6. The van der Waals surface area contributed by atoms with Gasteiger partial charge in [0.25, 0.3) is 15.7 Å². The summed E-state index contributed by atoms with van der Waals surface area (Å²) < 4.78 is 59.5. The molecule has 3 heterocycles. The van der Waals surface area contributed by atoms with Crippen LogP contribution in [0.1, 0.15) is 60.3 Å². The fraction of sp³-hybridized carbons (Fsp3) is 0.690. The van der Waals surface area contributed by atoms with E-state index in [2.05, 4.69) is 25.8 Å². The highest BCUT2D eigenvalue weighted by molar-refractivity contribution is 7.91. The number of allylic oxidation sites excluding steroid dienone is 1. The average molecular weight is 688 g/mol. The first-order valence-corrected chi connectivity index (χ1v) is 22.1. The third-order valence-electron chi connectivity index (χ3n) is 9.37. The van der Waals surface area contributed by atoms with Crippen LogP contribution in [0.2, 0.25) is 36.3 Å². The molecule has 2 aliphatic rings. The molecule has 0 bridgehead atoms. The molecule has 13 nitrogen and oxygen atoms in total. The van der Waals surface area contributed by atoms with E-state index in [0.717, 1.165) is 12.2 Å². The average Bonchev–Trinajstić information content (AvgIpc) is 3.26. The van der Waals surface area contributed by atoms with Crippen molar-refractivity contribution in [2.45, 2.75) is 116 Å². The maximum Gasteiger partial charge on any atom is 0.330 e. The van der Waals surface area contributed by atoms with Crippen LogP contribution in [0.25, 0.3) is 0 Å². The minimum atomic E-state index is -4.58. The Balaban J connectivity index is 2.36. The van der Waals surface area contributed by atoms with E-state index in [1.807, 2.05) is 47.0 Å². The van der Waals surface area contributed by atoms with Crippen molar-refractivity contribution in [1.29, 1.82) is 0 Å². The summed E-state index contributed by atoms with van der Waals surface area (Å²) in [6.07, 6.45) is -0.428. The van der Waals surface area contributed by atoms with Crippen molar-refractivity contribution in [3.63, 3.8) is 0 Å². The molecule has 3 rings (SSSR count). The summed E-state index contributed by atoms with van der Waals surface area (Å²) >= 11 is 0. The highest BCUT2D eigenvalue weighted by Gasteiger charge is 2.68. The van der Waals surface area contributed by atoms with Crippen LogP contribution in [0.3, 0.4) is 0 Å². The number of hydrogen-bond donors (Lipinski definition) is 2. The normalized spacial score (nSPS) is 25.9. The van der Waals surface area contributed by atoms with Gasteiger partial charge in [0.15, 0.2) is 28.5 Å². The molecule has 16 heteroatoms. The minimum Gasteiger partial charge on any atom is -0.463 e. The number of H-pyrrole nitrogens is 1. The number of rotatable bonds is 9. The number of nitrogens with zero attached hydrogens (tertiary/aromatic N) is 1. The van der Waals surface area contributed by atoms with Gasteiger partial charge in [-0.1, -0.05) is 41.5 Å². The lowest BCUT2D eigenvalue weighted by Gasteiger charge is -2.43. The monoisotopic (exact) mass is 687 g/mol. The molecule has 1 spiro atoms. The van der Waals surface area contributed by atoms with Gasteiger partial charge in [-0.3, -0.25) is 14.3 Å². The molecule has 1 saturated heterocycles. The van der Waals surface area contributed by atoms with Crippen molar-refractivity contribution in [3.8, 4) is 0 Å². The van der Waals surface area contributed by atoms with Crippen LogP contribution in [0, 0.1) is 6.92 Å². The summed E-state index contributed by atoms with van der Waals surface area (Å²) in [6, 6.07) is 0. The standard InChI is InChI=1S/C29H49N3O10SSi2/c1-13-38-21(33)15-14-19-22(30)29(42-43(19,36)37)20(17-39-44(9,10)27(3,4)5)40-25(23(29)41-45(11,12)28(6,7)8)32-16-18(2)24(34)31-26(32)35/h14-16,20,23,25H,13,17,30H2,1-12H3,(H,31,34,35)/b15-14+/t20-,23+,25-,29?/m1/s1. The summed E-state index contributed by atoms with van der Waals surface area (Å²) in [5.74, 6) is -0.767. The fourth-order valence-corrected chi connectivity index (χ4v) is 8.25. The molecule has 0 saturated carbocycles. The Hall–Kier alpha value is -2.35. The third-order valence-corrected chi connectivity index (χ3v) is 19.7. The molecular formula is C29H49N3O10SSi2. The number of hydrogen-bond acceptors (Lipinski definition) is 11. The van der Waals surface area contributed by atoms with Crippen molar-refractivity contribution in [2.75, 3.05) is 13.2 Å². The molecule has 2 aliphatic heterocycles. The molecule has 4 atom stereocenters. The van der Waals surface area contributed by atoms with Gasteiger partial charge in [-0.05, 0) is 56.2 Å². The van der Waals surface area contributed by atoms with Crippen LogP contribution in [0.5, 0.6) is 0 Å².